The second kappa shape index (κ2) is 8.71. The Hall–Kier alpha value is -3.13. The van der Waals surface area contributed by atoms with E-state index in [0.29, 0.717) is 12.2 Å². The summed E-state index contributed by atoms with van der Waals surface area (Å²) in [5.41, 5.74) is 8.32. The number of hydrogen-bond acceptors (Lipinski definition) is 5. The average Bonchev–Trinajstić information content (AvgIpc) is 2.67. The number of nitrogens with two attached hydrogens (primary N) is 1. The van der Waals surface area contributed by atoms with Crippen molar-refractivity contribution in [1.29, 1.82) is 0 Å². The summed E-state index contributed by atoms with van der Waals surface area (Å²) < 4.78 is 0. The van der Waals surface area contributed by atoms with E-state index in [1.807, 2.05) is 6.07 Å². The molecular weight excluding hydrogens is 384 g/mol. The molecule has 1 aliphatic heterocycles. The number of hydrogen-bond donors (Lipinski definition) is 2. The number of nitrogens with one attached hydrogen (secondary N) is 1. The number of carbonyl (C=O) groups is 2. The van der Waals surface area contributed by atoms with Crippen molar-refractivity contribution >= 4 is 41.3 Å². The molecule has 0 spiro atoms. The van der Waals surface area contributed by atoms with Crippen molar-refractivity contribution in [3.63, 3.8) is 0 Å². The first-order chi connectivity index (χ1) is 12.9. The molecule has 0 saturated carbocycles. The summed E-state index contributed by atoms with van der Waals surface area (Å²) in [5, 5.41) is 13.5. The van der Waals surface area contributed by atoms with Crippen LogP contribution in [0.25, 0.3) is 0 Å². The highest BCUT2D eigenvalue weighted by molar-refractivity contribution is 6.03. The van der Waals surface area contributed by atoms with Gasteiger partial charge in [-0.3, -0.25) is 19.7 Å². The van der Waals surface area contributed by atoms with Gasteiger partial charge in [0.1, 0.15) is 6.04 Å². The van der Waals surface area contributed by atoms with Gasteiger partial charge in [-0.25, -0.2) is 0 Å². The summed E-state index contributed by atoms with van der Waals surface area (Å²) in [6, 6.07) is 10.1. The van der Waals surface area contributed by atoms with Gasteiger partial charge < -0.3 is 16.0 Å². The van der Waals surface area contributed by atoms with Crippen LogP contribution in [0.15, 0.2) is 42.5 Å². The Morgan fingerprint density at radius 3 is 2.68 bits per heavy atom. The van der Waals surface area contributed by atoms with E-state index in [1.54, 1.807) is 24.0 Å². The fraction of sp³-hybridized carbons (Fsp3) is 0.263. The molecule has 0 aliphatic carbocycles. The van der Waals surface area contributed by atoms with Gasteiger partial charge >= 0.3 is 0 Å². The van der Waals surface area contributed by atoms with Crippen LogP contribution in [0.5, 0.6) is 0 Å². The Bertz CT molecular complexity index is 919. The van der Waals surface area contributed by atoms with Crippen LogP contribution in [0.1, 0.15) is 29.3 Å². The molecule has 2 amide bonds. The maximum atomic E-state index is 12.9. The van der Waals surface area contributed by atoms with Gasteiger partial charge in [-0.1, -0.05) is 12.1 Å². The van der Waals surface area contributed by atoms with Crippen LogP contribution < -0.4 is 16.0 Å². The summed E-state index contributed by atoms with van der Waals surface area (Å²) >= 11 is 0. The summed E-state index contributed by atoms with van der Waals surface area (Å²) in [6.45, 7) is 2.14. The van der Waals surface area contributed by atoms with Crippen LogP contribution in [0, 0.1) is 10.1 Å². The lowest BCUT2D eigenvalue weighted by Gasteiger charge is -2.32. The van der Waals surface area contributed by atoms with E-state index in [1.165, 1.54) is 24.3 Å². The number of fused-ring (bicyclic) bond motifs is 1. The number of anilines is 2. The van der Waals surface area contributed by atoms with Crippen LogP contribution in [0.3, 0.4) is 0 Å². The van der Waals surface area contributed by atoms with E-state index in [-0.39, 0.29) is 29.6 Å². The highest BCUT2D eigenvalue weighted by Crippen LogP contribution is 2.31. The van der Waals surface area contributed by atoms with Crippen LogP contribution in [-0.4, -0.2) is 29.3 Å². The van der Waals surface area contributed by atoms with Crippen molar-refractivity contribution in [2.75, 3.05) is 17.2 Å². The Morgan fingerprint density at radius 1 is 1.25 bits per heavy atom. The molecule has 1 aliphatic rings. The van der Waals surface area contributed by atoms with Crippen LogP contribution >= 0.6 is 12.4 Å². The van der Waals surface area contributed by atoms with Crippen molar-refractivity contribution in [2.45, 2.75) is 25.8 Å². The second-order valence-electron chi connectivity index (χ2n) is 6.44. The smallest absolute Gasteiger partial charge is 0.270 e. The van der Waals surface area contributed by atoms with Crippen molar-refractivity contribution in [3.8, 4) is 0 Å². The van der Waals surface area contributed by atoms with Crippen LogP contribution in [0.2, 0.25) is 0 Å². The zero-order valence-corrected chi connectivity index (χ0v) is 16.1. The molecule has 9 heteroatoms. The number of non-ortho nitro benzene ring substituents is 1. The zero-order valence-electron chi connectivity index (χ0n) is 15.3. The minimum absolute atomic E-state index is 0. The van der Waals surface area contributed by atoms with Crippen LogP contribution in [-0.2, 0) is 11.2 Å². The Balaban J connectivity index is 0.00000280. The van der Waals surface area contributed by atoms with E-state index in [2.05, 4.69) is 5.32 Å². The highest BCUT2D eigenvalue weighted by atomic mass is 35.5. The van der Waals surface area contributed by atoms with Gasteiger partial charge in [0.2, 0.25) is 5.91 Å². The molecule has 0 saturated heterocycles. The third-order valence-electron chi connectivity index (χ3n) is 4.59. The lowest BCUT2D eigenvalue weighted by atomic mass is 9.99. The zero-order chi connectivity index (χ0) is 19.6. The molecule has 1 atom stereocenters. The van der Waals surface area contributed by atoms with Gasteiger partial charge in [0, 0.05) is 35.6 Å². The molecule has 2 aromatic rings. The number of nitrogen functional groups attached to an aromatic ring is 1. The van der Waals surface area contributed by atoms with E-state index in [4.69, 9.17) is 5.73 Å². The summed E-state index contributed by atoms with van der Waals surface area (Å²) in [6.07, 6.45) is 1.60. The molecule has 2 aromatic carbocycles. The fourth-order valence-corrected chi connectivity index (χ4v) is 3.22. The average molecular weight is 405 g/mol. The van der Waals surface area contributed by atoms with Gasteiger partial charge in [-0.2, -0.15) is 0 Å². The normalized spacial score (nSPS) is 13.7. The maximum absolute atomic E-state index is 12.9. The topological polar surface area (TPSA) is 119 Å². The fourth-order valence-electron chi connectivity index (χ4n) is 3.22. The minimum Gasteiger partial charge on any atom is -0.398 e. The van der Waals surface area contributed by atoms with E-state index in [0.717, 1.165) is 24.1 Å². The number of nitrogens with zero attached hydrogens (tertiary/aromatic N) is 2. The predicted octanol–water partition coefficient (Wildman–Crippen LogP) is 2.70. The van der Waals surface area contributed by atoms with E-state index >= 15 is 0 Å². The third kappa shape index (κ3) is 4.23. The monoisotopic (exact) mass is 404 g/mol. The molecule has 0 radical (unpaired) electrons. The molecule has 3 N–H and O–H groups in total. The first-order valence-corrected chi connectivity index (χ1v) is 8.62. The third-order valence-corrected chi connectivity index (χ3v) is 4.59. The molecule has 0 fully saturated rings. The van der Waals surface area contributed by atoms with Crippen molar-refractivity contribution in [1.82, 2.24) is 5.32 Å². The van der Waals surface area contributed by atoms with Gasteiger partial charge in [0.15, 0.2) is 0 Å². The SMILES string of the molecule is CC(NC(=O)c1cccc([N+](=O)[O-])c1)C(=O)N1CCCc2c(N)cccc21.Cl. The van der Waals surface area contributed by atoms with Crippen molar-refractivity contribution < 1.29 is 14.5 Å². The van der Waals surface area contributed by atoms with E-state index < -0.39 is 16.9 Å². The number of nitro groups is 1. The van der Waals surface area contributed by atoms with Gasteiger partial charge in [-0.15, -0.1) is 12.4 Å². The van der Waals surface area contributed by atoms with Crippen LogP contribution in [0.4, 0.5) is 17.1 Å². The highest BCUT2D eigenvalue weighted by Gasteiger charge is 2.28. The number of halogens is 1. The summed E-state index contributed by atoms with van der Waals surface area (Å²) in [7, 11) is 0. The molecule has 3 rings (SSSR count). The lowest BCUT2D eigenvalue weighted by molar-refractivity contribution is -0.384. The molecular formula is C19H21ClN4O4. The number of amides is 2. The molecule has 0 bridgehead atoms. The molecule has 148 valence electrons. The van der Waals surface area contributed by atoms with Crippen molar-refractivity contribution in [2.24, 2.45) is 0 Å². The molecule has 8 nitrogen and oxygen atoms in total. The standard InChI is InChI=1S/C19H20N4O4.ClH/c1-12(21-18(24)13-5-2-6-14(11-13)23(26)27)19(25)22-10-4-7-15-16(20)8-3-9-17(15)22;/h2-3,5-6,8-9,11-12H,4,7,10,20H2,1H3,(H,21,24);1H. The molecule has 1 heterocycles. The van der Waals surface area contributed by atoms with Gasteiger partial charge in [0.05, 0.1) is 4.92 Å². The number of carbonyl (C=O) groups excluding carboxylic acids is 2. The quantitative estimate of drug-likeness (QED) is 0.461. The largest absolute Gasteiger partial charge is 0.398 e. The molecule has 28 heavy (non-hydrogen) atoms. The van der Waals surface area contributed by atoms with Crippen molar-refractivity contribution in [3.05, 3.63) is 63.7 Å². The minimum atomic E-state index is -0.788. The number of benzene rings is 2. The Morgan fingerprint density at radius 2 is 1.96 bits per heavy atom. The van der Waals surface area contributed by atoms with E-state index in [9.17, 15) is 19.7 Å². The van der Waals surface area contributed by atoms with Gasteiger partial charge in [-0.05, 0) is 43.5 Å². The predicted molar refractivity (Wildman–Crippen MR) is 109 cm³/mol. The summed E-state index contributed by atoms with van der Waals surface area (Å²) in [4.78, 5) is 37.2. The number of nitro benzene ring substituents is 1. The Labute approximate surface area is 168 Å². The van der Waals surface area contributed by atoms with Gasteiger partial charge in [0.25, 0.3) is 11.6 Å². The molecule has 0 aromatic heterocycles. The Kier molecular flexibility index (Phi) is 6.58. The second-order valence-corrected chi connectivity index (χ2v) is 6.44. The maximum Gasteiger partial charge on any atom is 0.270 e. The summed E-state index contributed by atoms with van der Waals surface area (Å²) in [5.74, 6) is -0.787. The first-order valence-electron chi connectivity index (χ1n) is 8.62. The number of rotatable bonds is 4. The molecule has 1 unspecified atom stereocenters. The first kappa shape index (κ1) is 21.2. The lowest BCUT2D eigenvalue weighted by Crippen LogP contribution is -2.48.